The molecular weight excluding hydrogens is 289 g/mol. The zero-order valence-corrected chi connectivity index (χ0v) is 12.7. The van der Waals surface area contributed by atoms with Crippen LogP contribution in [0.1, 0.15) is 0 Å². The number of ether oxygens (including phenoxy) is 1. The van der Waals surface area contributed by atoms with E-state index in [-0.39, 0.29) is 24.2 Å². The maximum Gasteiger partial charge on any atom is 0.261 e. The van der Waals surface area contributed by atoms with Crippen molar-refractivity contribution in [2.45, 2.75) is 6.04 Å². The first kappa shape index (κ1) is 16.2. The summed E-state index contributed by atoms with van der Waals surface area (Å²) in [7, 11) is 3.43. The number of piperazine rings is 1. The second-order valence-corrected chi connectivity index (χ2v) is 5.20. The fraction of sp³-hybridized carbons (Fsp3) is 0.467. The molecule has 0 aromatic heterocycles. The average Bonchev–Trinajstić information content (AvgIpc) is 2.53. The molecule has 1 saturated heterocycles. The molecule has 1 aliphatic rings. The number of benzene rings is 1. The zero-order valence-electron chi connectivity index (χ0n) is 12.7. The van der Waals surface area contributed by atoms with Crippen LogP contribution in [0.5, 0.6) is 5.75 Å². The van der Waals surface area contributed by atoms with Gasteiger partial charge in [-0.1, -0.05) is 12.1 Å². The Balaban J connectivity index is 2.00. The van der Waals surface area contributed by atoms with Crippen LogP contribution in [-0.2, 0) is 9.59 Å². The second kappa shape index (κ2) is 7.22. The molecule has 1 N–H and O–H groups in total. The van der Waals surface area contributed by atoms with Crippen molar-refractivity contribution < 1.29 is 18.7 Å². The zero-order chi connectivity index (χ0) is 16.1. The third kappa shape index (κ3) is 3.73. The molecular formula is C15H20FN3O3. The highest BCUT2D eigenvalue weighted by Crippen LogP contribution is 2.16. The number of likely N-dealkylation sites (N-methyl/N-ethyl adjacent to an activating group) is 2. The van der Waals surface area contributed by atoms with E-state index in [4.69, 9.17) is 4.74 Å². The normalized spacial score (nSPS) is 18.9. The Hall–Kier alpha value is -2.15. The molecule has 1 unspecified atom stereocenters. The molecule has 1 atom stereocenters. The number of hydrogen-bond acceptors (Lipinski definition) is 4. The van der Waals surface area contributed by atoms with Crippen molar-refractivity contribution in [3.8, 4) is 5.75 Å². The van der Waals surface area contributed by atoms with Crippen molar-refractivity contribution in [1.82, 2.24) is 15.1 Å². The van der Waals surface area contributed by atoms with Crippen molar-refractivity contribution >= 4 is 11.8 Å². The van der Waals surface area contributed by atoms with Crippen molar-refractivity contribution in [2.75, 3.05) is 40.3 Å². The van der Waals surface area contributed by atoms with Gasteiger partial charge >= 0.3 is 0 Å². The van der Waals surface area contributed by atoms with Crippen LogP contribution >= 0.6 is 0 Å². The smallest absolute Gasteiger partial charge is 0.261 e. The Kier molecular flexibility index (Phi) is 5.32. The molecule has 0 radical (unpaired) electrons. The molecule has 0 spiro atoms. The van der Waals surface area contributed by atoms with E-state index < -0.39 is 11.9 Å². The molecule has 1 aliphatic heterocycles. The minimum absolute atomic E-state index is 0.0291. The van der Waals surface area contributed by atoms with Gasteiger partial charge in [-0.25, -0.2) is 4.39 Å². The second-order valence-electron chi connectivity index (χ2n) is 5.20. The average molecular weight is 309 g/mol. The molecule has 1 aromatic rings. The van der Waals surface area contributed by atoms with E-state index in [0.29, 0.717) is 19.6 Å². The van der Waals surface area contributed by atoms with E-state index in [2.05, 4.69) is 5.32 Å². The van der Waals surface area contributed by atoms with E-state index >= 15 is 0 Å². The number of amides is 2. The van der Waals surface area contributed by atoms with Gasteiger partial charge in [0.15, 0.2) is 18.2 Å². The van der Waals surface area contributed by atoms with E-state index in [1.165, 1.54) is 24.1 Å². The van der Waals surface area contributed by atoms with Gasteiger partial charge in [0.1, 0.15) is 6.04 Å². The van der Waals surface area contributed by atoms with Crippen LogP contribution in [0.3, 0.4) is 0 Å². The third-order valence-electron chi connectivity index (χ3n) is 3.64. The first-order valence-electron chi connectivity index (χ1n) is 7.10. The summed E-state index contributed by atoms with van der Waals surface area (Å²) in [5.41, 5.74) is 0. The Bertz CT molecular complexity index is 553. The predicted molar refractivity (Wildman–Crippen MR) is 79.0 cm³/mol. The van der Waals surface area contributed by atoms with Crippen LogP contribution in [0.2, 0.25) is 0 Å². The molecule has 120 valence electrons. The summed E-state index contributed by atoms with van der Waals surface area (Å²) in [5.74, 6) is -1.03. The van der Waals surface area contributed by atoms with Crippen LogP contribution in [0, 0.1) is 5.82 Å². The first-order valence-corrected chi connectivity index (χ1v) is 7.10. The van der Waals surface area contributed by atoms with Crippen molar-refractivity contribution in [1.29, 1.82) is 0 Å². The molecule has 1 heterocycles. The Morgan fingerprint density at radius 2 is 2.09 bits per heavy atom. The third-order valence-corrected chi connectivity index (χ3v) is 3.64. The van der Waals surface area contributed by atoms with Crippen molar-refractivity contribution in [3.63, 3.8) is 0 Å². The fourth-order valence-corrected chi connectivity index (χ4v) is 2.39. The van der Waals surface area contributed by atoms with Gasteiger partial charge in [0.05, 0.1) is 0 Å². The van der Waals surface area contributed by atoms with Crippen LogP contribution in [0.4, 0.5) is 4.39 Å². The number of carbonyl (C=O) groups is 2. The summed E-state index contributed by atoms with van der Waals surface area (Å²) in [6, 6.07) is 5.35. The molecule has 2 amide bonds. The lowest BCUT2D eigenvalue weighted by atomic mass is 10.1. The maximum atomic E-state index is 13.5. The Morgan fingerprint density at radius 1 is 1.36 bits per heavy atom. The number of para-hydroxylation sites is 1. The molecule has 0 bridgehead atoms. The van der Waals surface area contributed by atoms with E-state index in [0.717, 1.165) is 0 Å². The molecule has 0 aliphatic carbocycles. The van der Waals surface area contributed by atoms with Crippen LogP contribution < -0.4 is 10.1 Å². The number of carbonyl (C=O) groups excluding carboxylic acids is 2. The van der Waals surface area contributed by atoms with Crippen molar-refractivity contribution in [3.05, 3.63) is 30.1 Å². The predicted octanol–water partition coefficient (Wildman–Crippen LogP) is 0.0931. The number of rotatable bonds is 4. The molecule has 2 rings (SSSR count). The summed E-state index contributed by atoms with van der Waals surface area (Å²) < 4.78 is 18.7. The minimum Gasteiger partial charge on any atom is -0.481 e. The number of nitrogens with one attached hydrogen (secondary N) is 1. The van der Waals surface area contributed by atoms with E-state index in [9.17, 15) is 14.0 Å². The number of halogens is 1. The Labute approximate surface area is 128 Å². The standard InChI is InChI=1S/C15H20FN3O3/c1-17-15(21)12-9-18(2)7-8-19(12)14(20)10-22-13-6-4-3-5-11(13)16/h3-6,12H,7-10H2,1-2H3,(H,17,21). The molecule has 22 heavy (non-hydrogen) atoms. The SMILES string of the molecule is CNC(=O)C1CN(C)CCN1C(=O)COc1ccccc1F. The number of hydrogen-bond donors (Lipinski definition) is 1. The monoisotopic (exact) mass is 309 g/mol. The largest absolute Gasteiger partial charge is 0.481 e. The van der Waals surface area contributed by atoms with Crippen molar-refractivity contribution in [2.24, 2.45) is 0 Å². The first-order chi connectivity index (χ1) is 10.5. The lowest BCUT2D eigenvalue weighted by molar-refractivity contribution is -0.145. The molecule has 0 saturated carbocycles. The van der Waals surface area contributed by atoms with Gasteiger partial charge in [-0.2, -0.15) is 0 Å². The lowest BCUT2D eigenvalue weighted by Crippen LogP contribution is -2.60. The van der Waals surface area contributed by atoms with Gasteiger partial charge in [0.2, 0.25) is 5.91 Å². The quantitative estimate of drug-likeness (QED) is 0.856. The number of nitrogens with zero attached hydrogens (tertiary/aromatic N) is 2. The van der Waals surface area contributed by atoms with E-state index in [1.54, 1.807) is 12.1 Å². The van der Waals surface area contributed by atoms with Gasteiger partial charge in [-0.15, -0.1) is 0 Å². The van der Waals surface area contributed by atoms with Crippen LogP contribution in [0.25, 0.3) is 0 Å². The minimum atomic E-state index is -0.555. The van der Waals surface area contributed by atoms with E-state index in [1.807, 2.05) is 11.9 Å². The highest BCUT2D eigenvalue weighted by atomic mass is 19.1. The summed E-state index contributed by atoms with van der Waals surface area (Å²) in [6.45, 7) is 1.29. The van der Waals surface area contributed by atoms with Gasteiger partial charge in [0, 0.05) is 26.7 Å². The summed E-state index contributed by atoms with van der Waals surface area (Å²) >= 11 is 0. The lowest BCUT2D eigenvalue weighted by Gasteiger charge is -2.38. The molecule has 7 heteroatoms. The summed E-state index contributed by atoms with van der Waals surface area (Å²) in [4.78, 5) is 27.7. The molecule has 6 nitrogen and oxygen atoms in total. The van der Waals surface area contributed by atoms with Gasteiger partial charge < -0.3 is 19.9 Å². The van der Waals surface area contributed by atoms with Gasteiger partial charge in [-0.05, 0) is 19.2 Å². The summed E-state index contributed by atoms with van der Waals surface area (Å²) in [5, 5.41) is 2.56. The van der Waals surface area contributed by atoms with Crippen LogP contribution in [-0.4, -0.2) is 68.0 Å². The van der Waals surface area contributed by atoms with Gasteiger partial charge in [0.25, 0.3) is 5.91 Å². The molecule has 1 aromatic carbocycles. The van der Waals surface area contributed by atoms with Crippen LogP contribution in [0.15, 0.2) is 24.3 Å². The van der Waals surface area contributed by atoms with Gasteiger partial charge in [-0.3, -0.25) is 9.59 Å². The highest BCUT2D eigenvalue weighted by Gasteiger charge is 2.33. The molecule has 1 fully saturated rings. The maximum absolute atomic E-state index is 13.5. The fourth-order valence-electron chi connectivity index (χ4n) is 2.39. The Morgan fingerprint density at radius 3 is 2.77 bits per heavy atom. The summed E-state index contributed by atoms with van der Waals surface area (Å²) in [6.07, 6.45) is 0. The topological polar surface area (TPSA) is 61.9 Å². The highest BCUT2D eigenvalue weighted by molar-refractivity contribution is 5.88.